The molecule has 0 aliphatic carbocycles. The molecule has 0 unspecified atom stereocenters. The number of rotatable bonds is 5. The summed E-state index contributed by atoms with van der Waals surface area (Å²) in [7, 11) is 0. The van der Waals surface area contributed by atoms with E-state index in [1.807, 2.05) is 31.2 Å². The predicted octanol–water partition coefficient (Wildman–Crippen LogP) is 2.78. The van der Waals surface area contributed by atoms with Gasteiger partial charge in [-0.1, -0.05) is 0 Å². The summed E-state index contributed by atoms with van der Waals surface area (Å²) in [6.45, 7) is 7.16. The molecule has 1 aromatic heterocycles. The predicted molar refractivity (Wildman–Crippen MR) is 108 cm³/mol. The number of nitrogens with zero attached hydrogens (tertiary/aromatic N) is 3. The van der Waals surface area contributed by atoms with Crippen LogP contribution in [0, 0.1) is 6.92 Å². The van der Waals surface area contributed by atoms with Crippen LogP contribution in [0.3, 0.4) is 0 Å². The molecule has 1 spiro atoms. The third-order valence-electron chi connectivity index (χ3n) is 5.14. The quantitative estimate of drug-likeness (QED) is 0.829. The Morgan fingerprint density at radius 1 is 1.17 bits per heavy atom. The average Bonchev–Trinajstić information content (AvgIpc) is 3.17. The van der Waals surface area contributed by atoms with Crippen molar-refractivity contribution in [1.29, 1.82) is 0 Å². The average molecular weight is 398 g/mol. The van der Waals surface area contributed by atoms with Crippen molar-refractivity contribution in [2.45, 2.75) is 32.5 Å². The summed E-state index contributed by atoms with van der Waals surface area (Å²) in [5, 5.41) is 2.88. The smallest absolute Gasteiger partial charge is 0.274 e. The van der Waals surface area contributed by atoms with Crippen molar-refractivity contribution >= 4 is 17.4 Å². The van der Waals surface area contributed by atoms with Crippen LogP contribution in [0.15, 0.2) is 30.3 Å². The number of hydrogen-bond donors (Lipinski definition) is 1. The van der Waals surface area contributed by atoms with Crippen LogP contribution in [-0.4, -0.2) is 54.6 Å². The summed E-state index contributed by atoms with van der Waals surface area (Å²) in [6, 6.07) is 9.01. The largest absolute Gasteiger partial charge is 0.494 e. The van der Waals surface area contributed by atoms with Crippen LogP contribution >= 0.6 is 0 Å². The summed E-state index contributed by atoms with van der Waals surface area (Å²) in [4.78, 5) is 23.7. The molecule has 1 aromatic carbocycles. The molecule has 0 radical (unpaired) electrons. The molecule has 1 amide bonds. The van der Waals surface area contributed by atoms with Crippen LogP contribution in [0.2, 0.25) is 0 Å². The molecule has 2 aliphatic rings. The molecule has 2 fully saturated rings. The molecule has 2 aliphatic heterocycles. The maximum absolute atomic E-state index is 12.7. The number of aryl methyl sites for hydroxylation is 1. The fourth-order valence-corrected chi connectivity index (χ4v) is 3.69. The number of hydrogen-bond acceptors (Lipinski definition) is 7. The maximum Gasteiger partial charge on any atom is 0.274 e. The lowest BCUT2D eigenvalue weighted by Gasteiger charge is -2.38. The Bertz CT molecular complexity index is 855. The van der Waals surface area contributed by atoms with E-state index in [1.165, 1.54) is 0 Å². The highest BCUT2D eigenvalue weighted by atomic mass is 16.7. The summed E-state index contributed by atoms with van der Waals surface area (Å²) in [5.41, 5.74) is 1.03. The molecule has 0 atom stereocenters. The van der Waals surface area contributed by atoms with Gasteiger partial charge in [0.25, 0.3) is 5.91 Å². The van der Waals surface area contributed by atoms with E-state index in [1.54, 1.807) is 13.0 Å². The van der Waals surface area contributed by atoms with E-state index in [2.05, 4.69) is 20.2 Å². The van der Waals surface area contributed by atoms with Gasteiger partial charge in [0.2, 0.25) is 0 Å². The maximum atomic E-state index is 12.7. The Hall–Kier alpha value is -2.71. The van der Waals surface area contributed by atoms with Crippen molar-refractivity contribution in [2.24, 2.45) is 0 Å². The van der Waals surface area contributed by atoms with E-state index in [-0.39, 0.29) is 5.91 Å². The second-order valence-electron chi connectivity index (χ2n) is 7.16. The molecule has 3 heterocycles. The Balaban J connectivity index is 1.44. The number of amides is 1. The Labute approximate surface area is 170 Å². The van der Waals surface area contributed by atoms with Gasteiger partial charge < -0.3 is 24.4 Å². The topological polar surface area (TPSA) is 85.8 Å². The van der Waals surface area contributed by atoms with E-state index in [4.69, 9.17) is 14.2 Å². The summed E-state index contributed by atoms with van der Waals surface area (Å²) in [5.74, 6) is 1.38. The first-order valence-electron chi connectivity index (χ1n) is 10.00. The van der Waals surface area contributed by atoms with Crippen LogP contribution in [0.5, 0.6) is 5.75 Å². The zero-order valence-electron chi connectivity index (χ0n) is 16.8. The second-order valence-corrected chi connectivity index (χ2v) is 7.16. The number of ether oxygens (including phenoxy) is 3. The third kappa shape index (κ3) is 4.49. The fourth-order valence-electron chi connectivity index (χ4n) is 3.69. The van der Waals surface area contributed by atoms with Gasteiger partial charge in [-0.25, -0.2) is 9.97 Å². The number of benzene rings is 1. The molecular weight excluding hydrogens is 372 g/mol. The normalized spacial score (nSPS) is 18.1. The molecule has 2 saturated heterocycles. The van der Waals surface area contributed by atoms with Gasteiger partial charge in [0.05, 0.1) is 19.8 Å². The summed E-state index contributed by atoms with van der Waals surface area (Å²) >= 11 is 0. The molecule has 8 nitrogen and oxygen atoms in total. The zero-order valence-corrected chi connectivity index (χ0v) is 16.8. The molecule has 0 bridgehead atoms. The summed E-state index contributed by atoms with van der Waals surface area (Å²) < 4.78 is 17.0. The standard InChI is InChI=1S/C21H26N4O4/c1-3-27-17-6-4-16(5-7-17)24-20(26)18-14-19(23-15(2)22-18)25-10-8-21(9-11-25)28-12-13-29-21/h4-7,14H,3,8-13H2,1-2H3,(H,24,26). The lowest BCUT2D eigenvalue weighted by atomic mass is 10.0. The first-order valence-corrected chi connectivity index (χ1v) is 10.00. The van der Waals surface area contributed by atoms with Crippen LogP contribution in [0.25, 0.3) is 0 Å². The van der Waals surface area contributed by atoms with Crippen molar-refractivity contribution < 1.29 is 19.0 Å². The molecule has 2 aromatic rings. The minimum atomic E-state index is -0.438. The fraction of sp³-hybridized carbons (Fsp3) is 0.476. The van der Waals surface area contributed by atoms with Crippen LogP contribution < -0.4 is 15.0 Å². The number of carbonyl (C=O) groups excluding carboxylic acids is 1. The minimum absolute atomic E-state index is 0.267. The number of carbonyl (C=O) groups is 1. The van der Waals surface area contributed by atoms with Gasteiger partial charge in [-0.2, -0.15) is 0 Å². The van der Waals surface area contributed by atoms with Crippen LogP contribution in [-0.2, 0) is 9.47 Å². The minimum Gasteiger partial charge on any atom is -0.494 e. The Kier molecular flexibility index (Phi) is 5.64. The highest BCUT2D eigenvalue weighted by Gasteiger charge is 2.40. The van der Waals surface area contributed by atoms with Crippen molar-refractivity contribution in [2.75, 3.05) is 43.1 Å². The van der Waals surface area contributed by atoms with Crippen molar-refractivity contribution in [1.82, 2.24) is 9.97 Å². The second kappa shape index (κ2) is 8.34. The number of anilines is 2. The molecule has 29 heavy (non-hydrogen) atoms. The molecule has 4 rings (SSSR count). The SMILES string of the molecule is CCOc1ccc(NC(=O)c2cc(N3CCC4(CC3)OCCO4)nc(C)n2)cc1. The third-order valence-corrected chi connectivity index (χ3v) is 5.14. The first kappa shape index (κ1) is 19.6. The highest BCUT2D eigenvalue weighted by Crippen LogP contribution is 2.32. The summed E-state index contributed by atoms with van der Waals surface area (Å²) in [6.07, 6.45) is 1.56. The lowest BCUT2D eigenvalue weighted by Crippen LogP contribution is -2.45. The molecule has 1 N–H and O–H groups in total. The van der Waals surface area contributed by atoms with Gasteiger partial charge in [0.15, 0.2) is 5.79 Å². The van der Waals surface area contributed by atoms with E-state index >= 15 is 0 Å². The first-order chi connectivity index (χ1) is 14.1. The van der Waals surface area contributed by atoms with Gasteiger partial charge in [-0.3, -0.25) is 4.79 Å². The van der Waals surface area contributed by atoms with Gasteiger partial charge in [0, 0.05) is 37.7 Å². The highest BCUT2D eigenvalue weighted by molar-refractivity contribution is 6.03. The number of aromatic nitrogens is 2. The van der Waals surface area contributed by atoms with Crippen molar-refractivity contribution in [3.05, 3.63) is 41.9 Å². The Morgan fingerprint density at radius 3 is 2.52 bits per heavy atom. The van der Waals surface area contributed by atoms with Crippen molar-refractivity contribution in [3.63, 3.8) is 0 Å². The lowest BCUT2D eigenvalue weighted by molar-refractivity contribution is -0.169. The molecule has 154 valence electrons. The van der Waals surface area contributed by atoms with Crippen molar-refractivity contribution in [3.8, 4) is 5.75 Å². The van der Waals surface area contributed by atoms with E-state index in [9.17, 15) is 4.79 Å². The van der Waals surface area contributed by atoms with Gasteiger partial charge in [-0.05, 0) is 38.1 Å². The molecular formula is C21H26N4O4. The molecule has 0 saturated carbocycles. The van der Waals surface area contributed by atoms with Gasteiger partial charge >= 0.3 is 0 Å². The number of nitrogens with one attached hydrogen (secondary N) is 1. The van der Waals surface area contributed by atoms with Gasteiger partial charge in [-0.15, -0.1) is 0 Å². The molecule has 8 heteroatoms. The van der Waals surface area contributed by atoms with E-state index in [0.717, 1.165) is 37.5 Å². The van der Waals surface area contributed by atoms with E-state index < -0.39 is 5.79 Å². The monoisotopic (exact) mass is 398 g/mol. The van der Waals surface area contributed by atoms with E-state index in [0.29, 0.717) is 37.0 Å². The van der Waals surface area contributed by atoms with Crippen LogP contribution in [0.4, 0.5) is 11.5 Å². The number of piperidine rings is 1. The van der Waals surface area contributed by atoms with Crippen LogP contribution in [0.1, 0.15) is 36.1 Å². The Morgan fingerprint density at radius 2 is 1.86 bits per heavy atom. The zero-order chi connectivity index (χ0) is 20.3. The van der Waals surface area contributed by atoms with Gasteiger partial charge in [0.1, 0.15) is 23.1 Å².